The van der Waals surface area contributed by atoms with E-state index in [-0.39, 0.29) is 5.84 Å². The number of hydrogen-bond acceptors (Lipinski definition) is 4. The summed E-state index contributed by atoms with van der Waals surface area (Å²) in [5.41, 5.74) is 6.83. The smallest absolute Gasteiger partial charge is 0.171 e. The lowest BCUT2D eigenvalue weighted by Crippen LogP contribution is -2.13. The van der Waals surface area contributed by atoms with Crippen LogP contribution in [0.15, 0.2) is 41.7 Å². The number of pyridine rings is 1. The van der Waals surface area contributed by atoms with Crippen molar-refractivity contribution in [2.75, 3.05) is 0 Å². The Balaban J connectivity index is 2.23. The highest BCUT2D eigenvalue weighted by Crippen LogP contribution is 2.26. The van der Waals surface area contributed by atoms with E-state index in [2.05, 4.69) is 10.1 Å². The molecule has 0 amide bonds. The second-order valence-electron chi connectivity index (χ2n) is 3.86. The van der Waals surface area contributed by atoms with E-state index in [4.69, 9.17) is 27.3 Å². The van der Waals surface area contributed by atoms with Crippen molar-refractivity contribution in [3.05, 3.63) is 52.8 Å². The van der Waals surface area contributed by atoms with Crippen molar-refractivity contribution < 1.29 is 9.94 Å². The summed E-state index contributed by atoms with van der Waals surface area (Å²) < 4.78 is 5.59. The molecule has 1 heterocycles. The van der Waals surface area contributed by atoms with E-state index in [0.717, 1.165) is 5.69 Å². The number of nitrogens with two attached hydrogens (primary N) is 1. The van der Waals surface area contributed by atoms with Crippen LogP contribution in [0.1, 0.15) is 11.3 Å². The van der Waals surface area contributed by atoms with E-state index in [1.807, 2.05) is 19.1 Å². The Bertz CT molecular complexity index is 612. The Morgan fingerprint density at radius 2 is 2.05 bits per heavy atom. The largest absolute Gasteiger partial charge is 0.456 e. The van der Waals surface area contributed by atoms with Crippen LogP contribution in [0.4, 0.5) is 0 Å². The minimum Gasteiger partial charge on any atom is -0.456 e. The molecule has 5 nitrogen and oxygen atoms in total. The van der Waals surface area contributed by atoms with Gasteiger partial charge in [0.1, 0.15) is 11.5 Å². The van der Waals surface area contributed by atoms with Crippen molar-refractivity contribution >= 4 is 17.4 Å². The molecular weight excluding hydrogens is 266 g/mol. The highest BCUT2D eigenvalue weighted by molar-refractivity contribution is 6.34. The van der Waals surface area contributed by atoms with Gasteiger partial charge in [0.05, 0.1) is 11.2 Å². The normalized spacial score (nSPS) is 11.4. The molecule has 3 N–H and O–H groups in total. The third kappa shape index (κ3) is 3.14. The van der Waals surface area contributed by atoms with Crippen molar-refractivity contribution in [1.29, 1.82) is 0 Å². The summed E-state index contributed by atoms with van der Waals surface area (Å²) in [4.78, 5) is 4.13. The molecule has 0 saturated carbocycles. The molecule has 0 aliphatic carbocycles. The second-order valence-corrected chi connectivity index (χ2v) is 4.27. The molecule has 0 radical (unpaired) electrons. The molecule has 2 aromatic rings. The highest BCUT2D eigenvalue weighted by atomic mass is 35.5. The molecule has 6 heteroatoms. The number of amidine groups is 1. The maximum atomic E-state index is 8.61. The molecule has 0 saturated heterocycles. The summed E-state index contributed by atoms with van der Waals surface area (Å²) in [5, 5.41) is 11.9. The van der Waals surface area contributed by atoms with Crippen molar-refractivity contribution in [3.8, 4) is 11.5 Å². The Morgan fingerprint density at radius 3 is 2.63 bits per heavy atom. The SMILES string of the molecule is Cc1ccc(Oc2ccc(C(N)=NO)c(Cl)c2)cn1. The Kier molecular flexibility index (Phi) is 3.87. The summed E-state index contributed by atoms with van der Waals surface area (Å²) in [5.74, 6) is 1.11. The average Bonchev–Trinajstić information content (AvgIpc) is 2.41. The van der Waals surface area contributed by atoms with E-state index < -0.39 is 0 Å². The van der Waals surface area contributed by atoms with Crippen molar-refractivity contribution in [1.82, 2.24) is 4.98 Å². The third-order valence-electron chi connectivity index (χ3n) is 2.44. The number of halogens is 1. The summed E-state index contributed by atoms with van der Waals surface area (Å²) in [6.07, 6.45) is 1.63. The van der Waals surface area contributed by atoms with Crippen LogP contribution in [0.25, 0.3) is 0 Å². The molecular formula is C13H12ClN3O2. The lowest BCUT2D eigenvalue weighted by Gasteiger charge is -2.08. The number of rotatable bonds is 3. The van der Waals surface area contributed by atoms with Gasteiger partial charge in [-0.3, -0.25) is 4.98 Å². The fourth-order valence-electron chi connectivity index (χ4n) is 1.47. The third-order valence-corrected chi connectivity index (χ3v) is 2.76. The van der Waals surface area contributed by atoms with E-state index >= 15 is 0 Å². The molecule has 0 bridgehead atoms. The summed E-state index contributed by atoms with van der Waals surface area (Å²) in [7, 11) is 0. The summed E-state index contributed by atoms with van der Waals surface area (Å²) >= 11 is 6.03. The zero-order valence-electron chi connectivity index (χ0n) is 10.2. The molecule has 0 aliphatic heterocycles. The second kappa shape index (κ2) is 5.58. The van der Waals surface area contributed by atoms with Gasteiger partial charge < -0.3 is 15.7 Å². The van der Waals surface area contributed by atoms with Gasteiger partial charge in [-0.05, 0) is 31.2 Å². The molecule has 1 aromatic heterocycles. The van der Waals surface area contributed by atoms with Gasteiger partial charge in [-0.25, -0.2) is 0 Å². The molecule has 98 valence electrons. The van der Waals surface area contributed by atoms with Crippen molar-refractivity contribution in [2.24, 2.45) is 10.9 Å². The first-order valence-electron chi connectivity index (χ1n) is 5.48. The topological polar surface area (TPSA) is 80.7 Å². The van der Waals surface area contributed by atoms with Gasteiger partial charge in [-0.2, -0.15) is 0 Å². The van der Waals surface area contributed by atoms with Gasteiger partial charge in [0.2, 0.25) is 0 Å². The number of hydrogen-bond donors (Lipinski definition) is 2. The molecule has 0 aliphatic rings. The van der Waals surface area contributed by atoms with Crippen LogP contribution in [0.2, 0.25) is 5.02 Å². The van der Waals surface area contributed by atoms with E-state index in [1.165, 1.54) is 0 Å². The lowest BCUT2D eigenvalue weighted by molar-refractivity contribution is 0.318. The number of nitrogens with zero attached hydrogens (tertiary/aromatic N) is 2. The van der Waals surface area contributed by atoms with Crippen LogP contribution in [0.5, 0.6) is 11.5 Å². The zero-order valence-corrected chi connectivity index (χ0v) is 10.9. The molecule has 19 heavy (non-hydrogen) atoms. The first-order valence-corrected chi connectivity index (χ1v) is 5.86. The average molecular weight is 278 g/mol. The molecule has 2 rings (SSSR count). The summed E-state index contributed by atoms with van der Waals surface area (Å²) in [6.45, 7) is 1.90. The van der Waals surface area contributed by atoms with Gasteiger partial charge in [0.25, 0.3) is 0 Å². The molecule has 0 atom stereocenters. The van der Waals surface area contributed by atoms with Gasteiger partial charge in [-0.15, -0.1) is 0 Å². The number of aryl methyl sites for hydroxylation is 1. The minimum atomic E-state index is -0.0476. The predicted octanol–water partition coefficient (Wildman–Crippen LogP) is 2.93. The molecule has 0 unspecified atom stereocenters. The zero-order chi connectivity index (χ0) is 13.8. The summed E-state index contributed by atoms with van der Waals surface area (Å²) in [6, 6.07) is 8.55. The van der Waals surface area contributed by atoms with Crippen molar-refractivity contribution in [2.45, 2.75) is 6.92 Å². The fourth-order valence-corrected chi connectivity index (χ4v) is 1.74. The molecule has 1 aromatic carbocycles. The van der Waals surface area contributed by atoms with Crippen LogP contribution in [-0.2, 0) is 0 Å². The van der Waals surface area contributed by atoms with Gasteiger partial charge in [-0.1, -0.05) is 16.8 Å². The fraction of sp³-hybridized carbons (Fsp3) is 0.0769. The standard InChI is InChI=1S/C13H12ClN3O2/c1-8-2-3-10(7-16-8)19-9-4-5-11(12(14)6-9)13(15)17-18/h2-7,18H,1H3,(H2,15,17). The van der Waals surface area contributed by atoms with Gasteiger partial charge in [0, 0.05) is 17.3 Å². The van der Waals surface area contributed by atoms with Crippen molar-refractivity contribution in [3.63, 3.8) is 0 Å². The maximum absolute atomic E-state index is 8.61. The van der Waals surface area contributed by atoms with Crippen LogP contribution in [0, 0.1) is 6.92 Å². The predicted molar refractivity (Wildman–Crippen MR) is 73.0 cm³/mol. The number of aromatic nitrogens is 1. The number of oxime groups is 1. The van der Waals surface area contributed by atoms with E-state index in [1.54, 1.807) is 24.4 Å². The van der Waals surface area contributed by atoms with Crippen LogP contribution < -0.4 is 10.5 Å². The van der Waals surface area contributed by atoms with E-state index in [9.17, 15) is 0 Å². The lowest BCUT2D eigenvalue weighted by atomic mass is 10.2. The Hall–Kier alpha value is -2.27. The first-order chi connectivity index (χ1) is 9.10. The van der Waals surface area contributed by atoms with Gasteiger partial charge in [0.15, 0.2) is 5.84 Å². The first kappa shape index (κ1) is 13.2. The van der Waals surface area contributed by atoms with E-state index in [0.29, 0.717) is 22.1 Å². The number of ether oxygens (including phenoxy) is 1. The van der Waals surface area contributed by atoms with Gasteiger partial charge >= 0.3 is 0 Å². The number of benzene rings is 1. The Labute approximate surface area is 115 Å². The molecule has 0 fully saturated rings. The van der Waals surface area contributed by atoms with Crippen LogP contribution in [0.3, 0.4) is 0 Å². The van der Waals surface area contributed by atoms with Crippen LogP contribution in [-0.4, -0.2) is 16.0 Å². The quantitative estimate of drug-likeness (QED) is 0.391. The Morgan fingerprint density at radius 1 is 1.32 bits per heavy atom. The van der Waals surface area contributed by atoms with Crippen LogP contribution >= 0.6 is 11.6 Å². The minimum absolute atomic E-state index is 0.0476. The molecule has 0 spiro atoms. The monoisotopic (exact) mass is 277 g/mol. The highest BCUT2D eigenvalue weighted by Gasteiger charge is 2.07. The maximum Gasteiger partial charge on any atom is 0.171 e.